The lowest BCUT2D eigenvalue weighted by atomic mass is 9.83. The maximum absolute atomic E-state index is 9.44. The maximum Gasteiger partial charge on any atom is 0.337 e. The minimum Gasteiger partial charge on any atom is -0.479 e. The number of hydrogen-bond donors (Lipinski definition) is 3. The molecule has 8 bridgehead atoms. The average Bonchev–Trinajstić information content (AvgIpc) is 4.11. The van der Waals surface area contributed by atoms with E-state index in [4.69, 9.17) is 71.3 Å². The molecule has 8 nitrogen and oxygen atoms in total. The van der Waals surface area contributed by atoms with Crippen LogP contribution in [0.1, 0.15) is 73.7 Å². The molecule has 1 atom stereocenters. The molecule has 3 N–H and O–H groups in total. The number of halogens is 4. The van der Waals surface area contributed by atoms with Crippen LogP contribution >= 0.6 is 57.7 Å². The maximum atomic E-state index is 9.44. The molecule has 0 amide bonds. The van der Waals surface area contributed by atoms with Gasteiger partial charge in [-0.25, -0.2) is 19.6 Å². The van der Waals surface area contributed by atoms with Gasteiger partial charge in [-0.3, -0.25) is 0 Å². The number of carboxylic acid groups (broad SMARTS) is 2. The molecule has 0 fully saturated rings. The fourth-order valence-corrected chi connectivity index (χ4v) is 10.5. The first-order valence-electron chi connectivity index (χ1n) is 23.3. The summed E-state index contributed by atoms with van der Waals surface area (Å²) in [6.45, 7) is 20.1. The SMILES string of the molecule is CCOC1NC=C2C=C1C(c1c(C)cc(C)cc1C)=C1C=CC(=N1)C(c1ccc(C)cc1)=c1ccc(s1)=C(c1ccc(C)cc1)C1=NC(=C2c2c(C)cc(C)cc2C)C=C1.O=C(O)C(Cl)Cl.O=C(O)C(Cl)Cl. The van der Waals surface area contributed by atoms with Gasteiger partial charge in [-0.15, -0.1) is 11.3 Å². The molecule has 0 saturated heterocycles. The van der Waals surface area contributed by atoms with Crippen molar-refractivity contribution >= 4 is 103 Å². The van der Waals surface area contributed by atoms with Gasteiger partial charge in [0.2, 0.25) is 9.67 Å². The quantitative estimate of drug-likeness (QED) is 0.133. The number of carboxylic acids is 2. The van der Waals surface area contributed by atoms with E-state index in [1.807, 2.05) is 0 Å². The number of allylic oxidation sites excluding steroid dienone is 7. The molecule has 4 aliphatic heterocycles. The first-order valence-corrected chi connectivity index (χ1v) is 25.8. The number of benzene rings is 4. The summed E-state index contributed by atoms with van der Waals surface area (Å²) in [6.07, 6.45) is 12.9. The van der Waals surface area contributed by atoms with Crippen molar-refractivity contribution in [2.75, 3.05) is 6.61 Å². The first-order chi connectivity index (χ1) is 34.3. The zero-order valence-electron chi connectivity index (χ0n) is 41.4. The molecule has 72 heavy (non-hydrogen) atoms. The molecule has 9 rings (SSSR count). The van der Waals surface area contributed by atoms with E-state index in [0.717, 1.165) is 76.4 Å². The Kier molecular flexibility index (Phi) is 17.3. The van der Waals surface area contributed by atoms with Crippen LogP contribution in [0, 0.1) is 55.4 Å². The molecule has 1 aromatic heterocycles. The van der Waals surface area contributed by atoms with E-state index >= 15 is 0 Å². The summed E-state index contributed by atoms with van der Waals surface area (Å²) in [5.41, 5.74) is 24.6. The van der Waals surface area contributed by atoms with Crippen LogP contribution < -0.4 is 14.4 Å². The molecule has 0 radical (unpaired) electrons. The Morgan fingerprint density at radius 2 is 0.972 bits per heavy atom. The van der Waals surface area contributed by atoms with Gasteiger partial charge in [0.1, 0.15) is 0 Å². The molecule has 1 unspecified atom stereocenters. The number of aryl methyl sites for hydroxylation is 8. The van der Waals surface area contributed by atoms with Gasteiger partial charge < -0.3 is 20.3 Å². The number of nitrogens with one attached hydrogen (secondary N) is 1. The number of hydrogen-bond acceptors (Lipinski definition) is 7. The van der Waals surface area contributed by atoms with Crippen LogP contribution in [0.4, 0.5) is 0 Å². The van der Waals surface area contributed by atoms with Crippen molar-refractivity contribution in [2.45, 2.75) is 78.2 Å². The van der Waals surface area contributed by atoms with Gasteiger partial charge in [-0.05, 0) is 149 Å². The second-order valence-corrected chi connectivity index (χ2v) is 21.1. The fourth-order valence-electron chi connectivity index (χ4n) is 9.34. The lowest BCUT2D eigenvalue weighted by Crippen LogP contribution is -2.33. The lowest BCUT2D eigenvalue weighted by Gasteiger charge is -2.30. The van der Waals surface area contributed by atoms with E-state index in [-0.39, 0.29) is 0 Å². The predicted molar refractivity (Wildman–Crippen MR) is 300 cm³/mol. The van der Waals surface area contributed by atoms with E-state index in [2.05, 4.69) is 189 Å². The van der Waals surface area contributed by atoms with Crippen molar-refractivity contribution < 1.29 is 24.5 Å². The smallest absolute Gasteiger partial charge is 0.337 e. The van der Waals surface area contributed by atoms with Crippen molar-refractivity contribution in [3.8, 4) is 0 Å². The van der Waals surface area contributed by atoms with Crippen molar-refractivity contribution in [1.82, 2.24) is 5.32 Å². The second-order valence-electron chi connectivity index (χ2n) is 17.9. The molecule has 5 heterocycles. The van der Waals surface area contributed by atoms with Gasteiger partial charge in [0, 0.05) is 55.3 Å². The Balaban J connectivity index is 0.000000567. The minimum atomic E-state index is -1.29. The number of carbonyl (C=O) groups is 2. The summed E-state index contributed by atoms with van der Waals surface area (Å²) in [7, 11) is 0. The summed E-state index contributed by atoms with van der Waals surface area (Å²) in [6, 6.07) is 31.4. The number of dihydropyridines is 1. The highest BCUT2D eigenvalue weighted by molar-refractivity contribution is 7.08. The van der Waals surface area contributed by atoms with E-state index in [1.165, 1.54) is 55.6 Å². The number of fused-ring (bicyclic) bond motifs is 5. The number of nitrogens with zero attached hydrogens (tertiary/aromatic N) is 2. The Morgan fingerprint density at radius 3 is 1.36 bits per heavy atom. The van der Waals surface area contributed by atoms with Gasteiger partial charge in [0.05, 0.1) is 22.8 Å². The van der Waals surface area contributed by atoms with Crippen molar-refractivity contribution in [1.29, 1.82) is 0 Å². The van der Waals surface area contributed by atoms with Crippen molar-refractivity contribution in [2.24, 2.45) is 9.98 Å². The van der Waals surface area contributed by atoms with Crippen LogP contribution in [0.3, 0.4) is 0 Å². The molecule has 5 aromatic rings. The number of rotatable bonds is 8. The fraction of sp³-hybridized carbons (Fsp3) is 0.220. The van der Waals surface area contributed by atoms with Gasteiger partial charge in [-0.1, -0.05) is 141 Å². The monoisotopic (exact) mass is 1060 g/mol. The van der Waals surface area contributed by atoms with Gasteiger partial charge >= 0.3 is 11.9 Å². The molecule has 0 saturated carbocycles. The molecule has 13 heteroatoms. The average molecular weight is 1060 g/mol. The Bertz CT molecular complexity index is 3300. The van der Waals surface area contributed by atoms with E-state index < -0.39 is 27.8 Å². The number of thiophene rings is 1. The van der Waals surface area contributed by atoms with Crippen molar-refractivity contribution in [3.63, 3.8) is 0 Å². The number of aliphatic imine (C=N–C) groups is 2. The van der Waals surface area contributed by atoms with Crippen molar-refractivity contribution in [3.05, 3.63) is 220 Å². The molecule has 0 spiro atoms. The molecule has 370 valence electrons. The number of ether oxygens (including phenoxy) is 1. The summed E-state index contributed by atoms with van der Waals surface area (Å²) >= 11 is 20.9. The summed E-state index contributed by atoms with van der Waals surface area (Å²) < 4.78 is 8.91. The van der Waals surface area contributed by atoms with Crippen LogP contribution in [-0.2, 0) is 14.3 Å². The molecular formula is C59H55Cl4N3O5S. The normalized spacial score (nSPS) is 15.9. The predicted octanol–water partition coefficient (Wildman–Crippen LogP) is 13.0. The Hall–Kier alpha value is -6.04. The molecule has 4 aromatic carbocycles. The van der Waals surface area contributed by atoms with Gasteiger partial charge in [-0.2, -0.15) is 0 Å². The third kappa shape index (κ3) is 12.1. The van der Waals surface area contributed by atoms with Gasteiger partial charge in [0.15, 0.2) is 6.23 Å². The molecule has 0 aliphatic carbocycles. The third-order valence-corrected chi connectivity index (χ3v) is 14.1. The molecule has 4 aliphatic rings. The van der Waals surface area contributed by atoms with Crippen LogP contribution in [0.2, 0.25) is 0 Å². The Labute approximate surface area is 445 Å². The third-order valence-electron chi connectivity index (χ3n) is 12.2. The minimum absolute atomic E-state index is 0.403. The number of aliphatic carboxylic acids is 2. The van der Waals surface area contributed by atoms with Crippen LogP contribution in [0.15, 0.2) is 154 Å². The zero-order valence-corrected chi connectivity index (χ0v) is 45.3. The topological polar surface area (TPSA) is 121 Å². The summed E-state index contributed by atoms with van der Waals surface area (Å²) in [5.74, 6) is -2.42. The highest BCUT2D eigenvalue weighted by Gasteiger charge is 2.31. The standard InChI is InChI=1S/C55H51N3OS.2C2H2Cl2O2/c1-10-59-55-42-29-41(30-56-55)53(49-35(6)25-33(4)26-36(49)7)45-21-19-43(57-45)51(39-15-11-31(2)12-16-39)47-23-24-48(60-47)52(40-17-13-32(3)14-18-40)44-20-22-46(58-44)54(42)50-37(8)27-34(5)28-38(50)9;2*3-1(4)2(5)6/h11-30,55-56H,10H2,1-9H3;2*1H,(H,5,6). The van der Waals surface area contributed by atoms with E-state index in [1.54, 1.807) is 11.3 Å². The second kappa shape index (κ2) is 23.2. The van der Waals surface area contributed by atoms with Crippen LogP contribution in [-0.4, -0.2) is 56.1 Å². The van der Waals surface area contributed by atoms with E-state index in [9.17, 15) is 9.59 Å². The summed E-state index contributed by atoms with van der Waals surface area (Å²) in [4.78, 5) is 27.5. The highest BCUT2D eigenvalue weighted by atomic mass is 35.5. The summed E-state index contributed by atoms with van der Waals surface area (Å²) in [5, 5.41) is 19.2. The van der Waals surface area contributed by atoms with Crippen LogP contribution in [0.25, 0.3) is 22.3 Å². The largest absolute Gasteiger partial charge is 0.479 e. The lowest BCUT2D eigenvalue weighted by molar-refractivity contribution is -0.136. The Morgan fingerprint density at radius 1 is 0.583 bits per heavy atom. The number of alkyl halides is 4. The first kappa shape index (κ1) is 53.8. The van der Waals surface area contributed by atoms with Gasteiger partial charge in [0.25, 0.3) is 0 Å². The van der Waals surface area contributed by atoms with Crippen LogP contribution in [0.5, 0.6) is 0 Å². The van der Waals surface area contributed by atoms with E-state index in [0.29, 0.717) is 6.61 Å². The molecular weight excluding hydrogens is 1000 g/mol. The highest BCUT2D eigenvalue weighted by Crippen LogP contribution is 2.43. The zero-order chi connectivity index (χ0) is 52.1.